The molecule has 8 heteroatoms. The third-order valence-electron chi connectivity index (χ3n) is 4.00. The van der Waals surface area contributed by atoms with E-state index in [4.69, 9.17) is 16.3 Å². The van der Waals surface area contributed by atoms with Crippen molar-refractivity contribution in [2.75, 3.05) is 20.2 Å². The topological polar surface area (TPSA) is 60.2 Å². The van der Waals surface area contributed by atoms with E-state index >= 15 is 0 Å². The molecular formula is C17H21ClN4O2S. The van der Waals surface area contributed by atoms with Gasteiger partial charge in [0.25, 0.3) is 0 Å². The van der Waals surface area contributed by atoms with E-state index < -0.39 is 0 Å². The molecule has 1 saturated carbocycles. The van der Waals surface area contributed by atoms with E-state index in [2.05, 4.69) is 14.8 Å². The second-order valence-electron chi connectivity index (χ2n) is 6.07. The number of aromatic nitrogens is 3. The van der Waals surface area contributed by atoms with Crippen LogP contribution in [0, 0.1) is 0 Å². The van der Waals surface area contributed by atoms with Crippen LogP contribution in [0.2, 0.25) is 5.02 Å². The lowest BCUT2D eigenvalue weighted by Gasteiger charge is -2.21. The highest BCUT2D eigenvalue weighted by Crippen LogP contribution is 2.38. The first-order chi connectivity index (χ1) is 12.0. The summed E-state index contributed by atoms with van der Waals surface area (Å²) in [6.45, 7) is 2.84. The summed E-state index contributed by atoms with van der Waals surface area (Å²) in [6, 6.07) is 7.69. The molecule has 2 aromatic rings. The van der Waals surface area contributed by atoms with Crippen molar-refractivity contribution in [3.8, 4) is 5.75 Å². The Hall–Kier alpha value is -1.73. The largest absolute Gasteiger partial charge is 0.492 e. The first kappa shape index (κ1) is 18.1. The van der Waals surface area contributed by atoms with Crippen molar-refractivity contribution in [3.63, 3.8) is 0 Å². The molecule has 0 N–H and O–H groups in total. The Morgan fingerprint density at radius 3 is 2.84 bits per heavy atom. The first-order valence-electron chi connectivity index (χ1n) is 8.24. The lowest BCUT2D eigenvalue weighted by Crippen LogP contribution is -2.36. The van der Waals surface area contributed by atoms with Crippen LogP contribution >= 0.6 is 23.4 Å². The van der Waals surface area contributed by atoms with E-state index in [9.17, 15) is 4.79 Å². The number of rotatable bonds is 8. The molecule has 3 rings (SSSR count). The summed E-state index contributed by atoms with van der Waals surface area (Å²) in [6.07, 6.45) is 4.08. The fraction of sp³-hybridized carbons (Fsp3) is 0.471. The lowest BCUT2D eigenvalue weighted by molar-refractivity contribution is -0.129. The standard InChI is InChI=1S/C17H21ClN4O2S/c1-12(25-17-20-19-11-22(17)14-5-6-14)16(23)21(2)9-10-24-15-7-3-13(18)4-8-15/h3-4,7-8,11-12,14H,5-6,9-10H2,1-2H3. The number of likely N-dealkylation sites (N-methyl/N-ethyl adjacent to an activating group) is 1. The summed E-state index contributed by atoms with van der Waals surface area (Å²) in [5, 5.41) is 9.37. The summed E-state index contributed by atoms with van der Waals surface area (Å²) < 4.78 is 7.71. The number of ether oxygens (including phenoxy) is 1. The van der Waals surface area contributed by atoms with Crippen LogP contribution in [0.5, 0.6) is 5.75 Å². The van der Waals surface area contributed by atoms with Crippen LogP contribution in [0.3, 0.4) is 0 Å². The third-order valence-corrected chi connectivity index (χ3v) is 5.31. The molecule has 1 unspecified atom stereocenters. The number of benzene rings is 1. The average Bonchev–Trinajstić information content (AvgIpc) is 3.35. The monoisotopic (exact) mass is 380 g/mol. The van der Waals surface area contributed by atoms with Crippen molar-refractivity contribution in [3.05, 3.63) is 35.6 Å². The van der Waals surface area contributed by atoms with E-state index in [1.54, 1.807) is 30.4 Å². The highest BCUT2D eigenvalue weighted by atomic mass is 35.5. The number of hydrogen-bond acceptors (Lipinski definition) is 5. The van der Waals surface area contributed by atoms with Crippen LogP contribution in [0.15, 0.2) is 35.7 Å². The maximum Gasteiger partial charge on any atom is 0.235 e. The van der Waals surface area contributed by atoms with Gasteiger partial charge in [-0.2, -0.15) is 0 Å². The molecule has 0 saturated heterocycles. The van der Waals surface area contributed by atoms with Gasteiger partial charge in [0.2, 0.25) is 5.91 Å². The Morgan fingerprint density at radius 2 is 2.16 bits per heavy atom. The van der Waals surface area contributed by atoms with Gasteiger partial charge < -0.3 is 14.2 Å². The van der Waals surface area contributed by atoms with Gasteiger partial charge in [0.1, 0.15) is 18.7 Å². The minimum atomic E-state index is -0.220. The second kappa shape index (κ2) is 8.10. The van der Waals surface area contributed by atoms with Crippen molar-refractivity contribution in [1.29, 1.82) is 0 Å². The Bertz CT molecular complexity index is 718. The SMILES string of the molecule is CC(Sc1nncn1C1CC1)C(=O)N(C)CCOc1ccc(Cl)cc1. The Labute approximate surface area is 156 Å². The van der Waals surface area contributed by atoms with E-state index in [0.717, 1.165) is 23.7 Å². The van der Waals surface area contributed by atoms with Gasteiger partial charge in [0.05, 0.1) is 11.8 Å². The summed E-state index contributed by atoms with van der Waals surface area (Å²) in [5.41, 5.74) is 0. The lowest BCUT2D eigenvalue weighted by atomic mass is 10.3. The van der Waals surface area contributed by atoms with E-state index in [1.165, 1.54) is 11.8 Å². The van der Waals surface area contributed by atoms with Crippen LogP contribution in [0.25, 0.3) is 0 Å². The molecule has 1 amide bonds. The van der Waals surface area contributed by atoms with Crippen molar-refractivity contribution >= 4 is 29.3 Å². The number of nitrogens with zero attached hydrogens (tertiary/aromatic N) is 4. The molecule has 1 aromatic heterocycles. The average molecular weight is 381 g/mol. The van der Waals surface area contributed by atoms with Crippen molar-refractivity contribution in [1.82, 2.24) is 19.7 Å². The molecule has 25 heavy (non-hydrogen) atoms. The summed E-state index contributed by atoms with van der Waals surface area (Å²) in [7, 11) is 1.79. The maximum atomic E-state index is 12.5. The second-order valence-corrected chi connectivity index (χ2v) is 7.82. The molecular weight excluding hydrogens is 360 g/mol. The predicted octanol–water partition coefficient (Wildman–Crippen LogP) is 3.28. The minimum absolute atomic E-state index is 0.0510. The fourth-order valence-electron chi connectivity index (χ4n) is 2.38. The van der Waals surface area contributed by atoms with Gasteiger partial charge in [0, 0.05) is 18.1 Å². The number of amides is 1. The molecule has 0 radical (unpaired) electrons. The van der Waals surface area contributed by atoms with Crippen LogP contribution < -0.4 is 4.74 Å². The molecule has 1 aliphatic rings. The molecule has 0 aliphatic heterocycles. The molecule has 1 aromatic carbocycles. The Balaban J connectivity index is 1.46. The number of halogens is 1. The molecule has 134 valence electrons. The molecule has 0 spiro atoms. The van der Waals surface area contributed by atoms with Gasteiger partial charge in [-0.1, -0.05) is 23.4 Å². The number of carbonyl (C=O) groups is 1. The molecule has 1 heterocycles. The smallest absolute Gasteiger partial charge is 0.235 e. The first-order valence-corrected chi connectivity index (χ1v) is 9.50. The number of thioether (sulfide) groups is 1. The van der Waals surface area contributed by atoms with Gasteiger partial charge in [-0.25, -0.2) is 0 Å². The summed E-state index contributed by atoms with van der Waals surface area (Å²) >= 11 is 7.30. The number of hydrogen-bond donors (Lipinski definition) is 0. The fourth-order valence-corrected chi connectivity index (χ4v) is 3.51. The zero-order valence-electron chi connectivity index (χ0n) is 14.3. The quantitative estimate of drug-likeness (QED) is 0.658. The van der Waals surface area contributed by atoms with E-state index in [1.807, 2.05) is 19.1 Å². The van der Waals surface area contributed by atoms with Gasteiger partial charge in [-0.05, 0) is 44.0 Å². The van der Waals surface area contributed by atoms with Crippen LogP contribution in [0.1, 0.15) is 25.8 Å². The van der Waals surface area contributed by atoms with Gasteiger partial charge in [0.15, 0.2) is 5.16 Å². The zero-order chi connectivity index (χ0) is 17.8. The molecule has 1 aliphatic carbocycles. The third kappa shape index (κ3) is 4.89. The zero-order valence-corrected chi connectivity index (χ0v) is 15.8. The van der Waals surface area contributed by atoms with Gasteiger partial charge in [-0.3, -0.25) is 4.79 Å². The highest BCUT2D eigenvalue weighted by Gasteiger charge is 2.28. The molecule has 1 fully saturated rings. The van der Waals surface area contributed by atoms with Crippen molar-refractivity contribution in [2.45, 2.75) is 36.2 Å². The Kier molecular flexibility index (Phi) is 5.86. The highest BCUT2D eigenvalue weighted by molar-refractivity contribution is 8.00. The Morgan fingerprint density at radius 1 is 1.44 bits per heavy atom. The van der Waals surface area contributed by atoms with E-state index in [0.29, 0.717) is 24.2 Å². The van der Waals surface area contributed by atoms with Crippen LogP contribution in [0.4, 0.5) is 0 Å². The van der Waals surface area contributed by atoms with E-state index in [-0.39, 0.29) is 11.2 Å². The van der Waals surface area contributed by atoms with Gasteiger partial charge in [-0.15, -0.1) is 10.2 Å². The normalized spacial score (nSPS) is 15.0. The minimum Gasteiger partial charge on any atom is -0.492 e. The van der Waals surface area contributed by atoms with Crippen LogP contribution in [-0.4, -0.2) is 51.0 Å². The van der Waals surface area contributed by atoms with Crippen LogP contribution in [-0.2, 0) is 4.79 Å². The van der Waals surface area contributed by atoms with Crippen molar-refractivity contribution < 1.29 is 9.53 Å². The molecule has 6 nitrogen and oxygen atoms in total. The predicted molar refractivity (Wildman–Crippen MR) is 98.2 cm³/mol. The summed E-state index contributed by atoms with van der Waals surface area (Å²) in [4.78, 5) is 14.2. The maximum absolute atomic E-state index is 12.5. The van der Waals surface area contributed by atoms with Gasteiger partial charge >= 0.3 is 0 Å². The summed E-state index contributed by atoms with van der Waals surface area (Å²) in [5.74, 6) is 0.792. The van der Waals surface area contributed by atoms with Crippen molar-refractivity contribution in [2.24, 2.45) is 0 Å². The molecule has 0 bridgehead atoms. The molecule has 1 atom stereocenters. The number of carbonyl (C=O) groups excluding carboxylic acids is 1.